The Labute approximate surface area is 223 Å². The van der Waals surface area contributed by atoms with Gasteiger partial charge >= 0.3 is 5.97 Å². The third kappa shape index (κ3) is 5.00. The average Bonchev–Trinajstić information content (AvgIpc) is 3.62. The second-order valence-electron chi connectivity index (χ2n) is 8.79. The fraction of sp³-hybridized carbons (Fsp3) is 0.250. The Morgan fingerprint density at radius 3 is 2.60 bits per heavy atom. The molecule has 4 aromatic rings. The Kier molecular flexibility index (Phi) is 6.93. The minimum atomic E-state index is -0.346. The van der Waals surface area contributed by atoms with E-state index in [-0.39, 0.29) is 22.6 Å². The van der Waals surface area contributed by atoms with Crippen molar-refractivity contribution in [3.63, 3.8) is 0 Å². The summed E-state index contributed by atoms with van der Waals surface area (Å²) in [5, 5.41) is 1.22. The van der Waals surface area contributed by atoms with Gasteiger partial charge in [0, 0.05) is 20.8 Å². The molecule has 0 aliphatic heterocycles. The fourth-order valence-corrected chi connectivity index (χ4v) is 5.52. The zero-order chi connectivity index (χ0) is 24.4. The summed E-state index contributed by atoms with van der Waals surface area (Å²) in [6.07, 6.45) is 1.96. The zero-order valence-corrected chi connectivity index (χ0v) is 22.1. The number of rotatable bonds is 8. The molecule has 0 bridgehead atoms. The van der Waals surface area contributed by atoms with Crippen LogP contribution < -0.4 is 4.74 Å². The maximum absolute atomic E-state index is 11.9. The molecule has 1 aliphatic rings. The molecule has 1 aromatic heterocycles. The molecule has 178 valence electrons. The van der Waals surface area contributed by atoms with Gasteiger partial charge in [0.15, 0.2) is 0 Å². The van der Waals surface area contributed by atoms with Gasteiger partial charge in [0.25, 0.3) is 0 Å². The van der Waals surface area contributed by atoms with Crippen molar-refractivity contribution < 1.29 is 14.3 Å². The molecule has 1 aliphatic carbocycles. The van der Waals surface area contributed by atoms with E-state index in [1.165, 1.54) is 7.11 Å². The van der Waals surface area contributed by atoms with Gasteiger partial charge < -0.3 is 9.47 Å². The van der Waals surface area contributed by atoms with Gasteiger partial charge in [-0.3, -0.25) is 4.79 Å². The summed E-state index contributed by atoms with van der Waals surface area (Å²) >= 11 is 8.69. The van der Waals surface area contributed by atoms with Crippen molar-refractivity contribution in [1.82, 2.24) is 9.97 Å². The summed E-state index contributed by atoms with van der Waals surface area (Å²) in [6, 6.07) is 24.4. The van der Waals surface area contributed by atoms with Crippen molar-refractivity contribution in [3.8, 4) is 5.75 Å². The number of benzene rings is 3. The van der Waals surface area contributed by atoms with Gasteiger partial charge in [-0.15, -0.1) is 0 Å². The third-order valence-corrected chi connectivity index (χ3v) is 7.54. The minimum Gasteiger partial charge on any atom is -0.489 e. The summed E-state index contributed by atoms with van der Waals surface area (Å²) in [4.78, 5) is 21.1. The minimum absolute atomic E-state index is 0.199. The maximum atomic E-state index is 11.9. The van der Waals surface area contributed by atoms with Gasteiger partial charge in [-0.05, 0) is 94.4 Å². The van der Waals surface area contributed by atoms with Crippen molar-refractivity contribution in [2.45, 2.75) is 31.3 Å². The number of aromatic nitrogens is 2. The lowest BCUT2D eigenvalue weighted by molar-refractivity contribution is -0.140. The van der Waals surface area contributed by atoms with Crippen molar-refractivity contribution in [2.75, 3.05) is 7.11 Å². The number of carbonyl (C=O) groups excluding carboxylic acids is 1. The van der Waals surface area contributed by atoms with Crippen molar-refractivity contribution >= 4 is 51.1 Å². The monoisotopic (exact) mass is 598 g/mol. The van der Waals surface area contributed by atoms with Crippen molar-refractivity contribution in [3.05, 3.63) is 98.5 Å². The Hall–Kier alpha value is -2.71. The van der Waals surface area contributed by atoms with Crippen LogP contribution in [0.1, 0.15) is 36.1 Å². The number of methoxy groups -OCH3 is 1. The summed E-state index contributed by atoms with van der Waals surface area (Å²) in [5.41, 5.74) is 3.64. The number of ether oxygens (including phenoxy) is 2. The first-order valence-corrected chi connectivity index (χ1v) is 12.9. The molecule has 0 saturated heterocycles. The van der Waals surface area contributed by atoms with E-state index >= 15 is 0 Å². The lowest BCUT2D eigenvalue weighted by atomic mass is 9.86. The van der Waals surface area contributed by atoms with E-state index in [0.29, 0.717) is 19.4 Å². The summed E-state index contributed by atoms with van der Waals surface area (Å²) in [5.74, 6) is 0.847. The second kappa shape index (κ2) is 10.1. The van der Waals surface area contributed by atoms with E-state index in [1.807, 2.05) is 54.6 Å². The Morgan fingerprint density at radius 2 is 1.86 bits per heavy atom. The van der Waals surface area contributed by atoms with E-state index in [9.17, 15) is 4.79 Å². The molecule has 5 rings (SSSR count). The zero-order valence-electron chi connectivity index (χ0n) is 19.2. The van der Waals surface area contributed by atoms with Gasteiger partial charge in [-0.1, -0.05) is 42.5 Å². The van der Waals surface area contributed by atoms with Crippen LogP contribution >= 0.6 is 34.2 Å². The summed E-state index contributed by atoms with van der Waals surface area (Å²) < 4.78 is 12.0. The van der Waals surface area contributed by atoms with Crippen molar-refractivity contribution in [2.24, 2.45) is 5.92 Å². The molecular formula is C28H24ClIN2O3. The molecule has 3 aromatic carbocycles. The average molecular weight is 599 g/mol. The normalized spacial score (nSPS) is 18.9. The van der Waals surface area contributed by atoms with Crippen LogP contribution in [0.4, 0.5) is 0 Å². The van der Waals surface area contributed by atoms with Crippen LogP contribution in [0.15, 0.2) is 72.8 Å². The number of fused-ring (bicyclic) bond motifs is 1. The molecule has 2 atom stereocenters. The smallest absolute Gasteiger partial charge is 0.305 e. The number of hydrogen-bond acceptors (Lipinski definition) is 5. The molecule has 2 unspecified atom stereocenters. The van der Waals surface area contributed by atoms with Crippen LogP contribution in [-0.4, -0.2) is 23.0 Å². The number of nitrogens with zero attached hydrogens (tertiary/aromatic N) is 2. The Morgan fingerprint density at radius 1 is 1.09 bits per heavy atom. The van der Waals surface area contributed by atoms with Crippen LogP contribution in [0.3, 0.4) is 0 Å². The summed E-state index contributed by atoms with van der Waals surface area (Å²) in [7, 11) is 1.43. The van der Waals surface area contributed by atoms with E-state index in [4.69, 9.17) is 26.1 Å². The van der Waals surface area contributed by atoms with Crippen LogP contribution in [0.25, 0.3) is 10.9 Å². The van der Waals surface area contributed by atoms with E-state index < -0.39 is 0 Å². The maximum Gasteiger partial charge on any atom is 0.305 e. The second-order valence-corrected chi connectivity index (χ2v) is 10.4. The number of esters is 1. The van der Waals surface area contributed by atoms with Crippen molar-refractivity contribution in [1.29, 1.82) is 0 Å². The van der Waals surface area contributed by atoms with Gasteiger partial charge in [-0.25, -0.2) is 9.97 Å². The van der Waals surface area contributed by atoms with E-state index in [2.05, 4.69) is 45.8 Å². The number of carbonyl (C=O) groups is 1. The highest BCUT2D eigenvalue weighted by atomic mass is 127. The van der Waals surface area contributed by atoms with Gasteiger partial charge in [0.05, 0.1) is 18.3 Å². The molecule has 1 fully saturated rings. The first-order chi connectivity index (χ1) is 17.0. The Bertz CT molecular complexity index is 1360. The van der Waals surface area contributed by atoms with Crippen LogP contribution in [0.2, 0.25) is 5.28 Å². The molecular weight excluding hydrogens is 575 g/mol. The van der Waals surface area contributed by atoms with Gasteiger partial charge in [0.2, 0.25) is 5.28 Å². The van der Waals surface area contributed by atoms with Crippen LogP contribution in [0, 0.1) is 9.49 Å². The predicted octanol–water partition coefficient (Wildman–Crippen LogP) is 6.73. The molecule has 7 heteroatoms. The third-order valence-electron chi connectivity index (χ3n) is 6.70. The van der Waals surface area contributed by atoms with E-state index in [0.717, 1.165) is 43.5 Å². The Balaban J connectivity index is 1.50. The molecule has 0 radical (unpaired) electrons. The van der Waals surface area contributed by atoms with Crippen LogP contribution in [0.5, 0.6) is 5.75 Å². The lowest BCUT2D eigenvalue weighted by Gasteiger charge is -2.21. The predicted molar refractivity (Wildman–Crippen MR) is 145 cm³/mol. The number of hydrogen-bond donors (Lipinski definition) is 0. The highest BCUT2D eigenvalue weighted by molar-refractivity contribution is 14.1. The molecule has 0 spiro atoms. The molecule has 0 amide bonds. The lowest BCUT2D eigenvalue weighted by Crippen LogP contribution is -2.17. The van der Waals surface area contributed by atoms with Crippen LogP contribution in [-0.2, 0) is 21.6 Å². The molecule has 1 heterocycles. The molecule has 0 N–H and O–H groups in total. The van der Waals surface area contributed by atoms with Gasteiger partial charge in [-0.2, -0.15) is 0 Å². The topological polar surface area (TPSA) is 61.3 Å². The number of halogens is 2. The largest absolute Gasteiger partial charge is 0.489 e. The van der Waals surface area contributed by atoms with Gasteiger partial charge in [0.1, 0.15) is 12.4 Å². The molecule has 1 saturated carbocycles. The SMILES string of the molecule is COC(=O)CCC1CC1(c1ccc(OCc2ccccc2)cc1)c1nc(Cl)nc2ccc(I)cc12. The summed E-state index contributed by atoms with van der Waals surface area (Å²) in [6.45, 7) is 0.512. The standard InChI is InChI=1S/C28H24ClIN2O3/c1-34-25(33)14-9-20-16-28(20,26-23-15-21(30)10-13-24(23)31-27(29)32-26)19-7-11-22(12-8-19)35-17-18-5-3-2-4-6-18/h2-8,10-13,15,20H,9,14,16-17H2,1H3. The fourth-order valence-electron chi connectivity index (χ4n) is 4.85. The highest BCUT2D eigenvalue weighted by Crippen LogP contribution is 2.61. The highest BCUT2D eigenvalue weighted by Gasteiger charge is 2.58. The molecule has 35 heavy (non-hydrogen) atoms. The first-order valence-electron chi connectivity index (χ1n) is 11.5. The first kappa shape index (κ1) is 24.0. The molecule has 5 nitrogen and oxygen atoms in total. The quantitative estimate of drug-likeness (QED) is 0.128. The van der Waals surface area contributed by atoms with E-state index in [1.54, 1.807) is 0 Å².